The maximum Gasteiger partial charge on any atom is 0.422 e. The summed E-state index contributed by atoms with van der Waals surface area (Å²) < 4.78 is 47.1. The molecule has 1 aliphatic rings. The summed E-state index contributed by atoms with van der Waals surface area (Å²) in [5, 5.41) is 14.5. The summed E-state index contributed by atoms with van der Waals surface area (Å²) in [5.41, 5.74) is 1.94. The number of nitrogens with one attached hydrogen (secondary N) is 2. The van der Waals surface area contributed by atoms with Gasteiger partial charge in [-0.3, -0.25) is 9.59 Å². The number of nitriles is 1. The lowest BCUT2D eigenvalue weighted by molar-refractivity contribution is -0.153. The molecule has 0 aromatic heterocycles. The average Bonchev–Trinajstić information content (AvgIpc) is 2.75. The Kier molecular flexibility index (Phi) is 7.20. The summed E-state index contributed by atoms with van der Waals surface area (Å²) in [4.78, 5) is 23.5. The molecule has 0 aliphatic carbocycles. The topological polar surface area (TPSA) is 100 Å². The maximum absolute atomic E-state index is 12.3. The fourth-order valence-corrected chi connectivity index (χ4v) is 3.08. The smallest absolute Gasteiger partial charge is 0.422 e. The molecule has 168 valence electrons. The molecule has 2 aromatic carbocycles. The van der Waals surface area contributed by atoms with Crippen LogP contribution in [0.4, 0.5) is 24.5 Å². The molecular weight excluding hydrogens is 427 g/mol. The van der Waals surface area contributed by atoms with Gasteiger partial charge in [0.25, 0.3) is 0 Å². The lowest BCUT2D eigenvalue weighted by atomic mass is 10.0. The average molecular weight is 447 g/mol. The van der Waals surface area contributed by atoms with Gasteiger partial charge in [0.05, 0.1) is 12.2 Å². The molecule has 1 aliphatic heterocycles. The van der Waals surface area contributed by atoms with E-state index in [0.29, 0.717) is 31.6 Å². The van der Waals surface area contributed by atoms with Gasteiger partial charge in [0, 0.05) is 24.2 Å². The third-order valence-electron chi connectivity index (χ3n) is 4.56. The van der Waals surface area contributed by atoms with Gasteiger partial charge in [0.2, 0.25) is 11.8 Å². The van der Waals surface area contributed by atoms with Crippen LogP contribution in [0.25, 0.3) is 0 Å². The second-order valence-corrected chi connectivity index (χ2v) is 7.09. The van der Waals surface area contributed by atoms with Crippen LogP contribution in [0.2, 0.25) is 0 Å². The van der Waals surface area contributed by atoms with Gasteiger partial charge in [0.1, 0.15) is 17.6 Å². The number of nitrogens with zero attached hydrogens (tertiary/aromatic N) is 1. The van der Waals surface area contributed by atoms with Crippen LogP contribution in [0.5, 0.6) is 11.5 Å². The van der Waals surface area contributed by atoms with E-state index in [2.05, 4.69) is 15.4 Å². The van der Waals surface area contributed by atoms with Gasteiger partial charge in [-0.05, 0) is 54.8 Å². The fraction of sp³-hybridized carbons (Fsp3) is 0.318. The Morgan fingerprint density at radius 3 is 2.72 bits per heavy atom. The molecule has 0 unspecified atom stereocenters. The van der Waals surface area contributed by atoms with E-state index in [0.717, 1.165) is 11.3 Å². The number of rotatable bonds is 8. The summed E-state index contributed by atoms with van der Waals surface area (Å²) >= 11 is 0. The molecular formula is C22H20F3N3O4. The van der Waals surface area contributed by atoms with Crippen molar-refractivity contribution in [2.75, 3.05) is 23.8 Å². The first-order chi connectivity index (χ1) is 15.2. The van der Waals surface area contributed by atoms with Crippen molar-refractivity contribution in [3.8, 4) is 17.6 Å². The lowest BCUT2D eigenvalue weighted by Gasteiger charge is -2.17. The third kappa shape index (κ3) is 6.63. The third-order valence-corrected chi connectivity index (χ3v) is 4.56. The molecule has 7 nitrogen and oxygen atoms in total. The Morgan fingerprint density at radius 2 is 1.97 bits per heavy atom. The number of fused-ring (bicyclic) bond motifs is 1. The molecule has 0 bridgehead atoms. The van der Waals surface area contributed by atoms with Crippen LogP contribution in [-0.2, 0) is 16.0 Å². The monoisotopic (exact) mass is 447 g/mol. The van der Waals surface area contributed by atoms with E-state index in [-0.39, 0.29) is 35.2 Å². The predicted molar refractivity (Wildman–Crippen MR) is 109 cm³/mol. The zero-order chi connectivity index (χ0) is 23.1. The number of anilines is 2. The van der Waals surface area contributed by atoms with Crippen LogP contribution in [0.3, 0.4) is 0 Å². The largest absolute Gasteiger partial charge is 0.494 e. The normalized spacial score (nSPS) is 12.9. The molecule has 3 rings (SSSR count). The highest BCUT2D eigenvalue weighted by Gasteiger charge is 2.29. The van der Waals surface area contributed by atoms with Gasteiger partial charge in [-0.1, -0.05) is 0 Å². The maximum atomic E-state index is 12.3. The number of carbonyl (C=O) groups excluding carboxylic acids is 2. The van der Waals surface area contributed by atoms with Crippen molar-refractivity contribution in [3.63, 3.8) is 0 Å². The summed E-state index contributed by atoms with van der Waals surface area (Å²) in [6, 6.07) is 11.0. The Hall–Kier alpha value is -3.74. The van der Waals surface area contributed by atoms with E-state index < -0.39 is 12.8 Å². The van der Waals surface area contributed by atoms with Crippen LogP contribution in [0.1, 0.15) is 30.4 Å². The van der Waals surface area contributed by atoms with E-state index in [9.17, 15) is 22.8 Å². The number of amides is 2. The molecule has 0 saturated carbocycles. The lowest BCUT2D eigenvalue weighted by Crippen LogP contribution is -2.19. The Bertz CT molecular complexity index is 1050. The summed E-state index contributed by atoms with van der Waals surface area (Å²) in [7, 11) is 0. The van der Waals surface area contributed by atoms with Gasteiger partial charge >= 0.3 is 6.18 Å². The van der Waals surface area contributed by atoms with Crippen LogP contribution in [0.15, 0.2) is 36.4 Å². The number of aryl methyl sites for hydroxylation is 1. The zero-order valence-corrected chi connectivity index (χ0v) is 16.9. The van der Waals surface area contributed by atoms with Crippen molar-refractivity contribution in [2.24, 2.45) is 0 Å². The molecule has 0 radical (unpaired) electrons. The van der Waals surface area contributed by atoms with Gasteiger partial charge in [-0.15, -0.1) is 0 Å². The Labute approximate surface area is 182 Å². The molecule has 0 fully saturated rings. The number of hydrogen-bond acceptors (Lipinski definition) is 5. The quantitative estimate of drug-likeness (QED) is 0.592. The van der Waals surface area contributed by atoms with Gasteiger partial charge in [-0.2, -0.15) is 18.4 Å². The van der Waals surface area contributed by atoms with Crippen molar-refractivity contribution < 1.29 is 32.2 Å². The van der Waals surface area contributed by atoms with Crippen LogP contribution in [0, 0.1) is 11.3 Å². The van der Waals surface area contributed by atoms with Crippen molar-refractivity contribution in [2.45, 2.75) is 31.9 Å². The molecule has 2 N–H and O–H groups in total. The minimum absolute atomic E-state index is 0.0115. The molecule has 2 amide bonds. The van der Waals surface area contributed by atoms with Crippen LogP contribution in [-0.4, -0.2) is 31.2 Å². The van der Waals surface area contributed by atoms with Crippen molar-refractivity contribution in [1.29, 1.82) is 5.26 Å². The second-order valence-electron chi connectivity index (χ2n) is 7.09. The highest BCUT2D eigenvalue weighted by Crippen LogP contribution is 2.27. The first-order valence-electron chi connectivity index (χ1n) is 9.82. The van der Waals surface area contributed by atoms with E-state index in [1.54, 1.807) is 18.2 Å². The Morgan fingerprint density at radius 1 is 1.16 bits per heavy atom. The van der Waals surface area contributed by atoms with Crippen molar-refractivity contribution in [3.05, 3.63) is 47.5 Å². The minimum Gasteiger partial charge on any atom is -0.494 e. The van der Waals surface area contributed by atoms with E-state index in [1.165, 1.54) is 18.2 Å². The van der Waals surface area contributed by atoms with Gasteiger partial charge in [-0.25, -0.2) is 0 Å². The molecule has 1 heterocycles. The molecule has 0 saturated heterocycles. The van der Waals surface area contributed by atoms with Crippen molar-refractivity contribution in [1.82, 2.24) is 0 Å². The van der Waals surface area contributed by atoms with E-state index >= 15 is 0 Å². The summed E-state index contributed by atoms with van der Waals surface area (Å²) in [5.74, 6) is 0.103. The first-order valence-corrected chi connectivity index (χ1v) is 9.82. The van der Waals surface area contributed by atoms with Crippen LogP contribution >= 0.6 is 0 Å². The highest BCUT2D eigenvalue weighted by molar-refractivity contribution is 5.94. The molecule has 32 heavy (non-hydrogen) atoms. The zero-order valence-electron chi connectivity index (χ0n) is 16.9. The number of halogens is 3. The van der Waals surface area contributed by atoms with Gasteiger partial charge in [0.15, 0.2) is 6.61 Å². The Balaban J connectivity index is 1.45. The minimum atomic E-state index is -4.52. The van der Waals surface area contributed by atoms with E-state index in [4.69, 9.17) is 10.00 Å². The summed E-state index contributed by atoms with van der Waals surface area (Å²) in [6.45, 7) is -1.21. The number of alkyl halides is 3. The second kappa shape index (κ2) is 10.0. The standard InChI is InChI=1S/C22H20F3N3O4/c23-22(24,25)13-32-19-7-4-16(10-15(19)12-26)27-20(29)2-1-9-31-17-5-6-18-14(11-17)3-8-21(30)28-18/h4-7,10-11H,1-3,8-9,13H2,(H,27,29)(H,28,30). The predicted octanol–water partition coefficient (Wildman–Crippen LogP) is 4.18. The van der Waals surface area contributed by atoms with Crippen molar-refractivity contribution >= 4 is 23.2 Å². The molecule has 2 aromatic rings. The fourth-order valence-electron chi connectivity index (χ4n) is 3.08. The molecule has 0 atom stereocenters. The van der Waals surface area contributed by atoms with Gasteiger partial charge < -0.3 is 20.1 Å². The summed E-state index contributed by atoms with van der Waals surface area (Å²) in [6.07, 6.45) is -2.87. The molecule has 10 heteroatoms. The first kappa shape index (κ1) is 22.9. The SMILES string of the molecule is N#Cc1cc(NC(=O)CCCOc2ccc3c(c2)CCC(=O)N3)ccc1OCC(F)(F)F. The number of benzene rings is 2. The number of carbonyl (C=O) groups is 2. The molecule has 0 spiro atoms. The number of ether oxygens (including phenoxy) is 2. The number of hydrogen-bond donors (Lipinski definition) is 2. The van der Waals surface area contributed by atoms with E-state index in [1.807, 2.05) is 6.07 Å². The van der Waals surface area contributed by atoms with Crippen LogP contribution < -0.4 is 20.1 Å². The highest BCUT2D eigenvalue weighted by atomic mass is 19.4.